The highest BCUT2D eigenvalue weighted by Gasteiger charge is 2.58. The van der Waals surface area contributed by atoms with Crippen LogP contribution >= 0.6 is 0 Å². The van der Waals surface area contributed by atoms with Gasteiger partial charge in [0.15, 0.2) is 0 Å². The Labute approximate surface area is 417 Å². The summed E-state index contributed by atoms with van der Waals surface area (Å²) in [5.74, 6) is -0.0429. The highest BCUT2D eigenvalue weighted by molar-refractivity contribution is 5.99. The number of rotatable bonds is 21. The lowest BCUT2D eigenvalue weighted by Gasteiger charge is -2.39. The molecular formula is C56H70N4O11. The Morgan fingerprint density at radius 3 is 2.31 bits per heavy atom. The van der Waals surface area contributed by atoms with E-state index in [0.717, 1.165) is 42.6 Å². The highest BCUT2D eigenvalue weighted by atomic mass is 16.6. The lowest BCUT2D eigenvalue weighted by molar-refractivity contribution is -0.145. The second kappa shape index (κ2) is 24.8. The molecule has 0 radical (unpaired) electrons. The summed E-state index contributed by atoms with van der Waals surface area (Å²) in [5.41, 5.74) is 9.12. The van der Waals surface area contributed by atoms with E-state index in [1.54, 1.807) is 13.0 Å². The molecule has 3 amide bonds. The Bertz CT molecular complexity index is 2400. The minimum absolute atomic E-state index is 0.0306. The van der Waals surface area contributed by atoms with Gasteiger partial charge in [0.05, 0.1) is 49.7 Å². The third-order valence-electron chi connectivity index (χ3n) is 13.7. The number of carbonyl (C=O) groups is 4. The van der Waals surface area contributed by atoms with Gasteiger partial charge in [-0.15, -0.1) is 0 Å². The van der Waals surface area contributed by atoms with Crippen molar-refractivity contribution >= 4 is 29.6 Å². The van der Waals surface area contributed by atoms with Crippen LogP contribution in [-0.4, -0.2) is 109 Å². The molecule has 3 fully saturated rings. The lowest BCUT2D eigenvalue weighted by atomic mass is 9.87. The fourth-order valence-corrected chi connectivity index (χ4v) is 9.58. The number of hydrogen-bond acceptors (Lipinski definition) is 12. The predicted octanol–water partition coefficient (Wildman–Crippen LogP) is 7.99. The van der Waals surface area contributed by atoms with Crippen molar-refractivity contribution in [3.63, 3.8) is 0 Å². The molecule has 15 nitrogen and oxygen atoms in total. The molecule has 380 valence electrons. The molecule has 1 spiro atoms. The van der Waals surface area contributed by atoms with Gasteiger partial charge in [-0.2, -0.15) is 5.10 Å². The molecule has 4 N–H and O–H groups in total. The van der Waals surface area contributed by atoms with Crippen LogP contribution in [-0.2, 0) is 38.1 Å². The molecule has 0 saturated carbocycles. The average Bonchev–Trinajstić information content (AvgIpc) is 4.05. The number of fused-ring (bicyclic) bond motifs is 3. The summed E-state index contributed by atoms with van der Waals surface area (Å²) in [6, 6.07) is 23.9. The number of benzene rings is 3. The number of alkyl carbamates (subject to hydrolysis) is 1. The maximum atomic E-state index is 13.1. The third kappa shape index (κ3) is 14.7. The van der Waals surface area contributed by atoms with Crippen molar-refractivity contribution in [2.75, 3.05) is 26.4 Å². The number of esters is 1. The molecule has 0 aromatic heterocycles. The fraction of sp³-hybridized carbons (Fsp3) is 0.482. The summed E-state index contributed by atoms with van der Waals surface area (Å²) in [6.45, 7) is 12.6. The van der Waals surface area contributed by atoms with Crippen molar-refractivity contribution in [2.45, 2.75) is 141 Å². The largest absolute Gasteiger partial charge is 0.494 e. The second-order valence-corrected chi connectivity index (χ2v) is 19.3. The fourth-order valence-electron chi connectivity index (χ4n) is 9.58. The van der Waals surface area contributed by atoms with Gasteiger partial charge in [-0.3, -0.25) is 14.4 Å². The first-order chi connectivity index (χ1) is 34.2. The van der Waals surface area contributed by atoms with Crippen molar-refractivity contribution in [3.05, 3.63) is 125 Å². The van der Waals surface area contributed by atoms with Crippen LogP contribution in [0.4, 0.5) is 4.79 Å². The van der Waals surface area contributed by atoms with Crippen LogP contribution in [0.1, 0.15) is 109 Å². The molecule has 1 aliphatic carbocycles. The van der Waals surface area contributed by atoms with Crippen LogP contribution in [0.5, 0.6) is 5.75 Å². The molecule has 3 saturated heterocycles. The molecule has 3 aromatic rings. The smallest absolute Gasteiger partial charge is 0.407 e. The number of epoxide rings is 1. The summed E-state index contributed by atoms with van der Waals surface area (Å²) in [4.78, 5) is 49.3. The van der Waals surface area contributed by atoms with Crippen molar-refractivity contribution in [2.24, 2.45) is 11.0 Å². The Morgan fingerprint density at radius 2 is 1.62 bits per heavy atom. The lowest BCUT2D eigenvalue weighted by Crippen LogP contribution is -2.50. The Kier molecular flexibility index (Phi) is 18.4. The van der Waals surface area contributed by atoms with Crippen molar-refractivity contribution in [1.82, 2.24) is 16.1 Å². The molecule has 15 heteroatoms. The first kappa shape index (κ1) is 52.7. The van der Waals surface area contributed by atoms with Gasteiger partial charge in [0.1, 0.15) is 36.3 Å². The quantitative estimate of drug-likeness (QED) is 0.0154. The van der Waals surface area contributed by atoms with Gasteiger partial charge in [0.2, 0.25) is 11.8 Å². The van der Waals surface area contributed by atoms with Gasteiger partial charge in [-0.25, -0.2) is 10.2 Å². The van der Waals surface area contributed by atoms with Gasteiger partial charge < -0.3 is 44.2 Å². The SMILES string of the molecule is CC(=O)O[C@@H](C)C=CC(=O)N[C@@H]1C[C@H](C)[C@H](CC=C(C)C=C[C@H]2O[C@H](CC(=O)NN=C(C)c3ccc(OCCCCCNC(=O)OCC4c5ccccc5-c5ccccc54)cc3)C[C@@]3(CO3)[C@@H]2O)O[C@@H]1C. The van der Waals surface area contributed by atoms with Crippen molar-refractivity contribution in [3.8, 4) is 16.9 Å². The summed E-state index contributed by atoms with van der Waals surface area (Å²) in [7, 11) is 0. The van der Waals surface area contributed by atoms with E-state index >= 15 is 0 Å². The third-order valence-corrected chi connectivity index (χ3v) is 13.7. The van der Waals surface area contributed by atoms with E-state index in [9.17, 15) is 24.3 Å². The van der Waals surface area contributed by atoms with Crippen LogP contribution in [0.2, 0.25) is 0 Å². The van der Waals surface area contributed by atoms with Crippen molar-refractivity contribution in [1.29, 1.82) is 0 Å². The Balaban J connectivity index is 0.774. The van der Waals surface area contributed by atoms with E-state index in [4.69, 9.17) is 28.4 Å². The molecule has 0 unspecified atom stereocenters. The number of carbonyl (C=O) groups excluding carboxylic acids is 4. The standard InChI is InChI=1S/C56H70N4O11/c1-35(18-25-50-36(2)30-49(39(5)70-50)58-52(62)27-20-37(3)69-40(6)61)19-26-51-54(64)56(34-68-56)32-43(71-51)31-53(63)60-59-38(4)41-21-23-42(24-22-41)66-29-13-7-12-28-57-55(65)67-33-48-46-16-10-8-14-44(46)45-15-9-11-17-47(45)48/h8-11,14-24,26-27,36-37,39,43,48-51,54,64H,7,12-13,25,28-34H2,1-6H3,(H,57,65)(H,58,62)(H,60,63)/t36-,37-,39+,43+,49+,50-,51+,54+,56+/m0/s1. The van der Waals surface area contributed by atoms with E-state index in [1.165, 1.54) is 35.3 Å². The van der Waals surface area contributed by atoms with Gasteiger partial charge in [-0.1, -0.05) is 79.3 Å². The molecule has 71 heavy (non-hydrogen) atoms. The summed E-state index contributed by atoms with van der Waals surface area (Å²) >= 11 is 0. The molecular weight excluding hydrogens is 905 g/mol. The topological polar surface area (TPSA) is 196 Å². The van der Waals surface area contributed by atoms with E-state index in [0.29, 0.717) is 44.9 Å². The Morgan fingerprint density at radius 1 is 0.915 bits per heavy atom. The number of hydrazone groups is 1. The van der Waals surface area contributed by atoms with E-state index in [2.05, 4.69) is 58.4 Å². The first-order valence-corrected chi connectivity index (χ1v) is 25.0. The van der Waals surface area contributed by atoms with E-state index < -0.39 is 42.1 Å². The van der Waals surface area contributed by atoms with Gasteiger partial charge in [0.25, 0.3) is 0 Å². The molecule has 7 rings (SSSR count). The Hall–Kier alpha value is -6.13. The second-order valence-electron chi connectivity index (χ2n) is 19.3. The summed E-state index contributed by atoms with van der Waals surface area (Å²) in [6.07, 6.45) is 9.96. The highest BCUT2D eigenvalue weighted by Crippen LogP contribution is 2.45. The zero-order chi connectivity index (χ0) is 50.5. The van der Waals surface area contributed by atoms with Crippen LogP contribution < -0.4 is 20.8 Å². The van der Waals surface area contributed by atoms with Gasteiger partial charge in [0, 0.05) is 31.9 Å². The summed E-state index contributed by atoms with van der Waals surface area (Å²) < 4.78 is 35.0. The predicted molar refractivity (Wildman–Crippen MR) is 270 cm³/mol. The van der Waals surface area contributed by atoms with Crippen LogP contribution in [0.25, 0.3) is 11.1 Å². The minimum atomic E-state index is -0.876. The molecule has 3 heterocycles. The number of aliphatic hydroxyl groups is 1. The van der Waals surface area contributed by atoms with Gasteiger partial charge in [-0.05, 0) is 124 Å². The number of ether oxygens (including phenoxy) is 6. The number of amides is 3. The number of unbranched alkanes of at least 4 members (excludes halogenated alkanes) is 2. The van der Waals surface area contributed by atoms with Crippen LogP contribution in [0, 0.1) is 5.92 Å². The van der Waals surface area contributed by atoms with E-state index in [1.807, 2.05) is 81.5 Å². The number of nitrogens with zero attached hydrogens (tertiary/aromatic N) is 1. The molecule has 3 aliphatic heterocycles. The molecule has 9 atom stereocenters. The van der Waals surface area contributed by atoms with Gasteiger partial charge >= 0.3 is 12.1 Å². The molecule has 4 aliphatic rings. The van der Waals surface area contributed by atoms with Crippen LogP contribution in [0.3, 0.4) is 0 Å². The molecule has 0 bridgehead atoms. The number of hydrogen-bond donors (Lipinski definition) is 4. The average molecular weight is 975 g/mol. The number of nitrogens with one attached hydrogen (secondary N) is 3. The molecule has 3 aromatic carbocycles. The maximum absolute atomic E-state index is 13.1. The first-order valence-electron chi connectivity index (χ1n) is 25.0. The number of allylic oxidation sites excluding steroid dienone is 2. The van der Waals surface area contributed by atoms with E-state index in [-0.39, 0.29) is 48.3 Å². The zero-order valence-electron chi connectivity index (χ0n) is 41.8. The number of aliphatic hydroxyl groups excluding tert-OH is 1. The zero-order valence-corrected chi connectivity index (χ0v) is 41.8. The van der Waals surface area contributed by atoms with Crippen molar-refractivity contribution < 1.29 is 52.7 Å². The van der Waals surface area contributed by atoms with Crippen LogP contribution in [0.15, 0.2) is 114 Å². The minimum Gasteiger partial charge on any atom is -0.494 e. The monoisotopic (exact) mass is 975 g/mol. The summed E-state index contributed by atoms with van der Waals surface area (Å²) in [5, 5.41) is 21.4. The maximum Gasteiger partial charge on any atom is 0.407 e. The normalized spacial score (nSPS) is 25.6.